The Morgan fingerprint density at radius 1 is 1.03 bits per heavy atom. The third-order valence-corrected chi connectivity index (χ3v) is 9.51. The smallest absolute Gasteiger partial charge is 0.339 e. The van der Waals surface area contributed by atoms with Gasteiger partial charge in [0.25, 0.3) is 10.0 Å². The summed E-state index contributed by atoms with van der Waals surface area (Å²) in [6, 6.07) is 9.48. The molecule has 2 aromatic rings. The number of ether oxygens (including phenoxy) is 1. The molecule has 0 saturated carbocycles. The lowest BCUT2D eigenvalue weighted by Crippen LogP contribution is -2.47. The van der Waals surface area contributed by atoms with Crippen LogP contribution in [0.1, 0.15) is 43.5 Å². The second-order valence-electron chi connectivity index (χ2n) is 7.73. The molecule has 1 aliphatic heterocycles. The van der Waals surface area contributed by atoms with E-state index in [9.17, 15) is 21.6 Å². The molecule has 1 heterocycles. The zero-order valence-corrected chi connectivity index (χ0v) is 21.1. The highest BCUT2D eigenvalue weighted by atomic mass is 79.9. The summed E-state index contributed by atoms with van der Waals surface area (Å²) < 4.78 is 61.2. The third-order valence-electron chi connectivity index (χ3n) is 5.43. The van der Waals surface area contributed by atoms with Crippen LogP contribution in [0.2, 0.25) is 0 Å². The number of benzene rings is 2. The molecule has 0 radical (unpaired) electrons. The van der Waals surface area contributed by atoms with Gasteiger partial charge in [0, 0.05) is 22.2 Å². The van der Waals surface area contributed by atoms with Gasteiger partial charge in [0.1, 0.15) is 4.90 Å². The fourth-order valence-corrected chi connectivity index (χ4v) is 7.38. The maximum absolute atomic E-state index is 13.1. The zero-order chi connectivity index (χ0) is 23.7. The topological polar surface area (TPSA) is 110 Å². The van der Waals surface area contributed by atoms with Gasteiger partial charge in [-0.1, -0.05) is 22.4 Å². The molecule has 11 heteroatoms. The van der Waals surface area contributed by atoms with Crippen molar-refractivity contribution >= 4 is 47.6 Å². The molecular formula is C21H25BrN2O6S2. The Morgan fingerprint density at radius 2 is 1.62 bits per heavy atom. The highest BCUT2D eigenvalue weighted by molar-refractivity contribution is 9.10. The largest absolute Gasteiger partial charge is 0.465 e. The number of esters is 1. The van der Waals surface area contributed by atoms with Gasteiger partial charge < -0.3 is 4.74 Å². The summed E-state index contributed by atoms with van der Waals surface area (Å²) in [7, 11) is -6.68. The van der Waals surface area contributed by atoms with Gasteiger partial charge >= 0.3 is 5.97 Å². The molecule has 1 N–H and O–H groups in total. The molecule has 1 saturated heterocycles. The van der Waals surface area contributed by atoms with Crippen molar-refractivity contribution in [1.82, 2.24) is 4.31 Å². The number of methoxy groups -OCH3 is 1. The van der Waals surface area contributed by atoms with Crippen molar-refractivity contribution in [3.05, 3.63) is 52.5 Å². The number of nitrogens with zero attached hydrogens (tertiary/aromatic N) is 1. The van der Waals surface area contributed by atoms with Gasteiger partial charge in [0.15, 0.2) is 0 Å². The van der Waals surface area contributed by atoms with Gasteiger partial charge in [-0.05, 0) is 69.2 Å². The van der Waals surface area contributed by atoms with Crippen molar-refractivity contribution < 1.29 is 26.4 Å². The number of carbonyl (C=O) groups excluding carboxylic acids is 1. The van der Waals surface area contributed by atoms with Crippen LogP contribution >= 0.6 is 15.9 Å². The summed E-state index contributed by atoms with van der Waals surface area (Å²) in [6.45, 7) is 3.79. The van der Waals surface area contributed by atoms with Gasteiger partial charge in [-0.15, -0.1) is 0 Å². The van der Waals surface area contributed by atoms with E-state index >= 15 is 0 Å². The second kappa shape index (κ2) is 9.50. The van der Waals surface area contributed by atoms with Crippen LogP contribution in [0.3, 0.4) is 0 Å². The molecule has 1 aliphatic rings. The Bertz CT molecular complexity index is 1200. The minimum Gasteiger partial charge on any atom is -0.465 e. The molecule has 0 amide bonds. The molecule has 1 fully saturated rings. The van der Waals surface area contributed by atoms with Crippen molar-refractivity contribution in [1.29, 1.82) is 0 Å². The van der Waals surface area contributed by atoms with E-state index in [1.807, 2.05) is 13.8 Å². The van der Waals surface area contributed by atoms with Crippen LogP contribution < -0.4 is 4.72 Å². The maximum Gasteiger partial charge on any atom is 0.339 e. The van der Waals surface area contributed by atoms with Crippen molar-refractivity contribution in [3.8, 4) is 0 Å². The molecular weight excluding hydrogens is 520 g/mol. The molecule has 3 rings (SSSR count). The van der Waals surface area contributed by atoms with E-state index in [2.05, 4.69) is 25.4 Å². The third kappa shape index (κ3) is 5.00. The molecule has 8 nitrogen and oxygen atoms in total. The standard InChI is InChI=1S/C21H25BrN2O6S2/c1-14-5-4-6-15(2)24(14)32(28,29)18-10-8-17(9-11-18)23-31(26,27)20-12-7-16(22)13-19(20)21(25)30-3/h7-15,23H,4-6H2,1-3H3. The van der Waals surface area contributed by atoms with Crippen molar-refractivity contribution in [2.75, 3.05) is 11.8 Å². The fraction of sp³-hybridized carbons (Fsp3) is 0.381. The predicted molar refractivity (Wildman–Crippen MR) is 125 cm³/mol. The highest BCUT2D eigenvalue weighted by Gasteiger charge is 2.35. The van der Waals surface area contributed by atoms with Gasteiger partial charge in [-0.3, -0.25) is 4.72 Å². The summed E-state index contributed by atoms with van der Waals surface area (Å²) in [6.07, 6.45) is 2.59. The minimum atomic E-state index is -4.13. The number of anilines is 1. The highest BCUT2D eigenvalue weighted by Crippen LogP contribution is 2.30. The first-order chi connectivity index (χ1) is 15.0. The average Bonchev–Trinajstić information content (AvgIpc) is 2.72. The molecule has 0 spiro atoms. The number of rotatable bonds is 6. The lowest BCUT2D eigenvalue weighted by atomic mass is 10.0. The Morgan fingerprint density at radius 3 is 2.19 bits per heavy atom. The molecule has 32 heavy (non-hydrogen) atoms. The molecule has 2 aromatic carbocycles. The van der Waals surface area contributed by atoms with Crippen molar-refractivity contribution in [2.45, 2.75) is 55.0 Å². The first-order valence-corrected chi connectivity index (χ1v) is 13.7. The lowest BCUT2D eigenvalue weighted by molar-refractivity contribution is 0.0596. The quantitative estimate of drug-likeness (QED) is 0.550. The van der Waals surface area contributed by atoms with Crippen LogP contribution in [0.25, 0.3) is 0 Å². The summed E-state index contributed by atoms with van der Waals surface area (Å²) in [4.78, 5) is 11.9. The fourth-order valence-electron chi connectivity index (χ4n) is 3.90. The van der Waals surface area contributed by atoms with Gasteiger partial charge in [0.05, 0.1) is 17.6 Å². The van der Waals surface area contributed by atoms with Gasteiger partial charge in [-0.2, -0.15) is 4.31 Å². The monoisotopic (exact) mass is 544 g/mol. The van der Waals surface area contributed by atoms with Gasteiger partial charge in [-0.25, -0.2) is 21.6 Å². The lowest BCUT2D eigenvalue weighted by Gasteiger charge is -2.37. The van der Waals surface area contributed by atoms with Crippen LogP contribution in [0.5, 0.6) is 0 Å². The normalized spacial score (nSPS) is 20.0. The zero-order valence-electron chi connectivity index (χ0n) is 17.9. The Balaban J connectivity index is 1.88. The second-order valence-corrected chi connectivity index (χ2v) is 12.1. The van der Waals surface area contributed by atoms with Crippen LogP contribution in [0, 0.1) is 0 Å². The van der Waals surface area contributed by atoms with Crippen molar-refractivity contribution in [3.63, 3.8) is 0 Å². The SMILES string of the molecule is COC(=O)c1cc(Br)ccc1S(=O)(=O)Nc1ccc(S(=O)(=O)N2C(C)CCCC2C)cc1. The molecule has 174 valence electrons. The number of nitrogens with one attached hydrogen (secondary N) is 1. The molecule has 0 aliphatic carbocycles. The molecule has 2 atom stereocenters. The average molecular weight is 545 g/mol. The van der Waals surface area contributed by atoms with E-state index in [1.165, 1.54) is 46.8 Å². The Kier molecular flexibility index (Phi) is 7.33. The summed E-state index contributed by atoms with van der Waals surface area (Å²) in [5, 5.41) is 0. The van der Waals surface area contributed by atoms with E-state index in [0.29, 0.717) is 4.47 Å². The summed E-state index contributed by atoms with van der Waals surface area (Å²) in [5.41, 5.74) is 0.0454. The van der Waals surface area contributed by atoms with E-state index < -0.39 is 26.0 Å². The number of hydrogen-bond donors (Lipinski definition) is 1. The molecule has 2 unspecified atom stereocenters. The van der Waals surface area contributed by atoms with E-state index in [-0.39, 0.29) is 33.1 Å². The summed E-state index contributed by atoms with van der Waals surface area (Å²) in [5.74, 6) is -0.794. The Hall–Kier alpha value is -1.95. The summed E-state index contributed by atoms with van der Waals surface area (Å²) >= 11 is 3.21. The maximum atomic E-state index is 13.1. The first-order valence-electron chi connectivity index (χ1n) is 10.0. The van der Waals surface area contributed by atoms with E-state index in [1.54, 1.807) is 0 Å². The number of sulfonamides is 2. The van der Waals surface area contributed by atoms with Crippen LogP contribution in [0.4, 0.5) is 5.69 Å². The minimum absolute atomic E-state index is 0.0972. The first kappa shape index (κ1) is 24.7. The van der Waals surface area contributed by atoms with Crippen LogP contribution in [-0.2, 0) is 24.8 Å². The number of halogens is 1. The number of carbonyl (C=O) groups is 1. The van der Waals surface area contributed by atoms with Crippen LogP contribution in [-0.4, -0.2) is 46.3 Å². The number of piperidine rings is 1. The van der Waals surface area contributed by atoms with E-state index in [4.69, 9.17) is 0 Å². The number of hydrogen-bond acceptors (Lipinski definition) is 6. The molecule has 0 aromatic heterocycles. The van der Waals surface area contributed by atoms with Crippen molar-refractivity contribution in [2.24, 2.45) is 0 Å². The molecule has 0 bridgehead atoms. The van der Waals surface area contributed by atoms with E-state index in [0.717, 1.165) is 26.4 Å². The Labute approximate surface area is 197 Å². The van der Waals surface area contributed by atoms with Gasteiger partial charge in [0.2, 0.25) is 10.0 Å². The predicted octanol–water partition coefficient (Wildman–Crippen LogP) is 3.99. The van der Waals surface area contributed by atoms with Crippen LogP contribution in [0.15, 0.2) is 56.7 Å².